The number of anilines is 1. The third-order valence-corrected chi connectivity index (χ3v) is 6.95. The van der Waals surface area contributed by atoms with Gasteiger partial charge in [0.1, 0.15) is 15.6 Å². The van der Waals surface area contributed by atoms with Gasteiger partial charge in [-0.25, -0.2) is 22.9 Å². The van der Waals surface area contributed by atoms with E-state index in [2.05, 4.69) is 30.4 Å². The van der Waals surface area contributed by atoms with Gasteiger partial charge >= 0.3 is 6.09 Å². The summed E-state index contributed by atoms with van der Waals surface area (Å²) in [5.41, 5.74) is 0.824. The minimum absolute atomic E-state index is 0.0857. The first-order chi connectivity index (χ1) is 16.8. The molecule has 35 heavy (non-hydrogen) atoms. The number of rotatable bonds is 9. The molecule has 2 heterocycles. The maximum absolute atomic E-state index is 11.4. The lowest BCUT2D eigenvalue weighted by molar-refractivity contribution is 0.162. The third kappa shape index (κ3) is 6.59. The summed E-state index contributed by atoms with van der Waals surface area (Å²) in [6.45, 7) is 0.302. The molecular weight excluding hydrogens is 472 g/mol. The number of ether oxygens (including phenoxy) is 2. The smallest absolute Gasteiger partial charge is 0.407 e. The summed E-state index contributed by atoms with van der Waals surface area (Å²) in [4.78, 5) is 20.4. The van der Waals surface area contributed by atoms with Gasteiger partial charge < -0.3 is 20.1 Å². The SMILES string of the molecule is COC(=O)NC1CCC(Nc2nccc(-n3ncc4c(OCCCS(C)(=O)=O)cccc43)n2)CC1. The van der Waals surface area contributed by atoms with Gasteiger partial charge in [-0.2, -0.15) is 10.1 Å². The van der Waals surface area contributed by atoms with Gasteiger partial charge in [0.05, 0.1) is 36.6 Å². The van der Waals surface area contributed by atoms with Gasteiger partial charge in [-0.15, -0.1) is 0 Å². The van der Waals surface area contributed by atoms with Crippen LogP contribution < -0.4 is 15.4 Å². The third-order valence-electron chi connectivity index (χ3n) is 5.92. The number of nitrogens with one attached hydrogen (secondary N) is 2. The predicted molar refractivity (Wildman–Crippen MR) is 132 cm³/mol. The van der Waals surface area contributed by atoms with Crippen molar-refractivity contribution in [3.63, 3.8) is 0 Å². The number of amides is 1. The maximum Gasteiger partial charge on any atom is 0.407 e. The van der Waals surface area contributed by atoms with Crippen molar-refractivity contribution in [3.05, 3.63) is 36.7 Å². The highest BCUT2D eigenvalue weighted by Crippen LogP contribution is 2.27. The van der Waals surface area contributed by atoms with E-state index in [0.29, 0.717) is 30.5 Å². The zero-order chi connectivity index (χ0) is 24.8. The largest absolute Gasteiger partial charge is 0.493 e. The van der Waals surface area contributed by atoms with Crippen molar-refractivity contribution in [1.82, 2.24) is 25.1 Å². The van der Waals surface area contributed by atoms with E-state index in [-0.39, 0.29) is 17.8 Å². The Morgan fingerprint density at radius 2 is 1.94 bits per heavy atom. The number of hydrogen-bond acceptors (Lipinski definition) is 9. The van der Waals surface area contributed by atoms with Gasteiger partial charge in [0.25, 0.3) is 0 Å². The van der Waals surface area contributed by atoms with Crippen molar-refractivity contribution in [3.8, 4) is 11.6 Å². The summed E-state index contributed by atoms with van der Waals surface area (Å²) in [5.74, 6) is 1.87. The van der Waals surface area contributed by atoms with Crippen LogP contribution in [0.1, 0.15) is 32.1 Å². The molecule has 1 amide bonds. The first-order valence-corrected chi connectivity index (χ1v) is 13.6. The van der Waals surface area contributed by atoms with E-state index in [4.69, 9.17) is 4.74 Å². The number of alkyl carbamates (subject to hydrolysis) is 1. The summed E-state index contributed by atoms with van der Waals surface area (Å²) in [6.07, 6.45) is 8.11. The van der Waals surface area contributed by atoms with Crippen LogP contribution in [0.25, 0.3) is 16.7 Å². The lowest BCUT2D eigenvalue weighted by atomic mass is 9.91. The molecule has 11 nitrogen and oxygen atoms in total. The zero-order valence-electron chi connectivity index (χ0n) is 19.8. The Morgan fingerprint density at radius 3 is 2.69 bits per heavy atom. The lowest BCUT2D eigenvalue weighted by Crippen LogP contribution is -2.40. The van der Waals surface area contributed by atoms with Crippen LogP contribution in [-0.4, -0.2) is 72.1 Å². The molecule has 0 aliphatic heterocycles. The van der Waals surface area contributed by atoms with Crippen molar-refractivity contribution >= 4 is 32.8 Å². The Labute approximate surface area is 204 Å². The van der Waals surface area contributed by atoms with Crippen LogP contribution in [0.15, 0.2) is 36.7 Å². The van der Waals surface area contributed by atoms with Gasteiger partial charge in [-0.3, -0.25) is 0 Å². The molecular formula is C23H30N6O5S. The Hall–Kier alpha value is -3.41. The summed E-state index contributed by atoms with van der Waals surface area (Å²) in [6, 6.07) is 7.75. The molecule has 0 radical (unpaired) electrons. The lowest BCUT2D eigenvalue weighted by Gasteiger charge is -2.29. The fraction of sp³-hybridized carbons (Fsp3) is 0.478. The second kappa shape index (κ2) is 10.9. The first kappa shape index (κ1) is 24.7. The van der Waals surface area contributed by atoms with E-state index in [9.17, 15) is 13.2 Å². The molecule has 0 atom stereocenters. The molecule has 2 aromatic heterocycles. The molecule has 12 heteroatoms. The molecule has 0 spiro atoms. The van der Waals surface area contributed by atoms with E-state index in [1.54, 1.807) is 23.1 Å². The Balaban J connectivity index is 1.41. The molecule has 1 aliphatic rings. The minimum atomic E-state index is -3.02. The van der Waals surface area contributed by atoms with Crippen LogP contribution in [0.5, 0.6) is 5.75 Å². The van der Waals surface area contributed by atoms with E-state index in [0.717, 1.165) is 36.6 Å². The average Bonchev–Trinajstić information content (AvgIpc) is 3.27. The fourth-order valence-electron chi connectivity index (χ4n) is 4.16. The van der Waals surface area contributed by atoms with Gasteiger partial charge in [-0.1, -0.05) is 6.07 Å². The molecule has 1 saturated carbocycles. The molecule has 1 aromatic carbocycles. The van der Waals surface area contributed by atoms with Crippen LogP contribution in [0.3, 0.4) is 0 Å². The van der Waals surface area contributed by atoms with Gasteiger partial charge in [-0.05, 0) is 44.2 Å². The summed E-state index contributed by atoms with van der Waals surface area (Å²) in [7, 11) is -1.65. The molecule has 4 rings (SSSR count). The molecule has 3 aromatic rings. The fourth-order valence-corrected chi connectivity index (χ4v) is 4.81. The van der Waals surface area contributed by atoms with Crippen LogP contribution >= 0.6 is 0 Å². The topological polar surface area (TPSA) is 137 Å². The average molecular weight is 503 g/mol. The van der Waals surface area contributed by atoms with Crippen molar-refractivity contribution in [2.45, 2.75) is 44.2 Å². The molecule has 1 aliphatic carbocycles. The van der Waals surface area contributed by atoms with E-state index in [1.807, 2.05) is 18.2 Å². The number of benzene rings is 1. The van der Waals surface area contributed by atoms with Gasteiger partial charge in [0.15, 0.2) is 5.82 Å². The molecule has 2 N–H and O–H groups in total. The number of sulfone groups is 1. The van der Waals surface area contributed by atoms with Crippen LogP contribution in [0, 0.1) is 0 Å². The number of nitrogens with zero attached hydrogens (tertiary/aromatic N) is 4. The number of methoxy groups -OCH3 is 1. The number of carbonyl (C=O) groups is 1. The summed E-state index contributed by atoms with van der Waals surface area (Å²) < 4.78 is 34.9. The van der Waals surface area contributed by atoms with Gasteiger partial charge in [0.2, 0.25) is 5.95 Å². The van der Waals surface area contributed by atoms with Crippen molar-refractivity contribution in [2.75, 3.05) is 31.0 Å². The number of carbonyl (C=O) groups excluding carboxylic acids is 1. The van der Waals surface area contributed by atoms with Gasteiger partial charge in [0, 0.05) is 30.6 Å². The standard InChI is InChI=1S/C23H30N6O5S/c1-33-23(30)27-17-9-7-16(8-10-17)26-22-24-12-11-21(28-22)29-19-5-3-6-20(18(19)15-25-29)34-13-4-14-35(2,31)32/h3,5-6,11-12,15-17H,4,7-10,13-14H2,1-2H3,(H,27,30)(H,24,26,28). The van der Waals surface area contributed by atoms with E-state index >= 15 is 0 Å². The molecule has 0 saturated heterocycles. The van der Waals surface area contributed by atoms with Crippen molar-refractivity contribution < 1.29 is 22.7 Å². The normalized spacial score (nSPS) is 18.2. The number of fused-ring (bicyclic) bond motifs is 1. The molecule has 188 valence electrons. The quantitative estimate of drug-likeness (QED) is 0.423. The number of aromatic nitrogens is 4. The van der Waals surface area contributed by atoms with Crippen molar-refractivity contribution in [1.29, 1.82) is 0 Å². The maximum atomic E-state index is 11.4. The second-order valence-corrected chi connectivity index (χ2v) is 10.9. The number of hydrogen-bond donors (Lipinski definition) is 2. The summed E-state index contributed by atoms with van der Waals surface area (Å²) >= 11 is 0. The highest BCUT2D eigenvalue weighted by Gasteiger charge is 2.23. The Morgan fingerprint density at radius 1 is 1.17 bits per heavy atom. The second-order valence-electron chi connectivity index (χ2n) is 8.64. The Bertz CT molecular complexity index is 1270. The monoisotopic (exact) mass is 502 g/mol. The highest BCUT2D eigenvalue weighted by molar-refractivity contribution is 7.90. The van der Waals surface area contributed by atoms with Crippen LogP contribution in [0.2, 0.25) is 0 Å². The Kier molecular flexibility index (Phi) is 7.69. The van der Waals surface area contributed by atoms with Crippen LogP contribution in [-0.2, 0) is 14.6 Å². The van der Waals surface area contributed by atoms with E-state index < -0.39 is 15.9 Å². The molecule has 0 unspecified atom stereocenters. The molecule has 0 bridgehead atoms. The highest BCUT2D eigenvalue weighted by atomic mass is 32.2. The predicted octanol–water partition coefficient (Wildman–Crippen LogP) is 2.71. The molecule has 1 fully saturated rings. The summed E-state index contributed by atoms with van der Waals surface area (Å²) in [5, 5.41) is 11.6. The van der Waals surface area contributed by atoms with Crippen molar-refractivity contribution in [2.24, 2.45) is 0 Å². The first-order valence-electron chi connectivity index (χ1n) is 11.5. The minimum Gasteiger partial charge on any atom is -0.493 e. The van der Waals surface area contributed by atoms with E-state index in [1.165, 1.54) is 13.4 Å². The zero-order valence-corrected chi connectivity index (χ0v) is 20.6. The van der Waals surface area contributed by atoms with Crippen LogP contribution in [0.4, 0.5) is 10.7 Å².